The van der Waals surface area contributed by atoms with Crippen LogP contribution in [0.2, 0.25) is 0 Å². The van der Waals surface area contributed by atoms with E-state index >= 15 is 0 Å². The van der Waals surface area contributed by atoms with Crippen molar-refractivity contribution in [2.24, 2.45) is 7.05 Å². The first-order chi connectivity index (χ1) is 9.20. The quantitative estimate of drug-likeness (QED) is 0.625. The highest BCUT2D eigenvalue weighted by Gasteiger charge is 2.14. The van der Waals surface area contributed by atoms with E-state index in [0.717, 1.165) is 24.2 Å². The van der Waals surface area contributed by atoms with Crippen molar-refractivity contribution in [3.8, 4) is 0 Å². The van der Waals surface area contributed by atoms with Gasteiger partial charge in [0, 0.05) is 38.3 Å². The minimum absolute atomic E-state index is 0.257. The molecule has 0 atom stereocenters. The largest absolute Gasteiger partial charge is 0.463 e. The molecule has 0 unspecified atom stereocenters. The molecule has 0 bridgehead atoms. The van der Waals surface area contributed by atoms with Crippen LogP contribution in [0.1, 0.15) is 21.8 Å². The molecular formula is C13H17N3O3. The first-order valence-electron chi connectivity index (χ1n) is 6.04. The summed E-state index contributed by atoms with van der Waals surface area (Å²) in [6.45, 7) is 1.34. The number of ether oxygens (including phenoxy) is 1. The first kappa shape index (κ1) is 13.4. The van der Waals surface area contributed by atoms with Gasteiger partial charge in [-0.05, 0) is 12.1 Å². The van der Waals surface area contributed by atoms with Crippen molar-refractivity contribution in [2.45, 2.75) is 13.0 Å². The molecule has 19 heavy (non-hydrogen) atoms. The molecule has 2 heterocycles. The van der Waals surface area contributed by atoms with Crippen LogP contribution in [0.3, 0.4) is 0 Å². The summed E-state index contributed by atoms with van der Waals surface area (Å²) in [5.41, 5.74) is 1.84. The summed E-state index contributed by atoms with van der Waals surface area (Å²) in [6.07, 6.45) is 4.25. The molecule has 6 heteroatoms. The molecule has 0 aliphatic heterocycles. The summed E-state index contributed by atoms with van der Waals surface area (Å²) in [6, 6.07) is 3.75. The van der Waals surface area contributed by atoms with Crippen LogP contribution in [0.4, 0.5) is 0 Å². The lowest BCUT2D eigenvalue weighted by Crippen LogP contribution is -2.18. The molecule has 2 aromatic rings. The zero-order valence-corrected chi connectivity index (χ0v) is 11.0. The molecule has 0 saturated heterocycles. The van der Waals surface area contributed by atoms with Crippen LogP contribution in [-0.2, 0) is 24.8 Å². The van der Waals surface area contributed by atoms with Gasteiger partial charge in [-0.1, -0.05) is 0 Å². The van der Waals surface area contributed by atoms with Crippen LogP contribution < -0.4 is 5.32 Å². The monoisotopic (exact) mass is 263 g/mol. The van der Waals surface area contributed by atoms with E-state index in [-0.39, 0.29) is 5.76 Å². The number of rotatable bonds is 6. The Kier molecular flexibility index (Phi) is 4.35. The van der Waals surface area contributed by atoms with Gasteiger partial charge in [-0.2, -0.15) is 5.10 Å². The van der Waals surface area contributed by atoms with Crippen LogP contribution in [0.15, 0.2) is 29.0 Å². The van der Waals surface area contributed by atoms with Crippen LogP contribution in [-0.4, -0.2) is 29.4 Å². The smallest absolute Gasteiger partial charge is 0.374 e. The van der Waals surface area contributed by atoms with Gasteiger partial charge in [-0.25, -0.2) is 4.79 Å². The standard InChI is InChI=1S/C13H17N3O3/c1-16-7-4-11(15-16)3-6-14-9-10-5-8-19-12(10)13(17)18-2/h4-5,7-8,14H,3,6,9H2,1-2H3. The maximum absolute atomic E-state index is 11.4. The van der Waals surface area contributed by atoms with Gasteiger partial charge in [0.15, 0.2) is 0 Å². The van der Waals surface area contributed by atoms with Crippen molar-refractivity contribution in [3.63, 3.8) is 0 Å². The number of hydrogen-bond donors (Lipinski definition) is 1. The fraction of sp³-hybridized carbons (Fsp3) is 0.385. The van der Waals surface area contributed by atoms with E-state index in [2.05, 4.69) is 15.2 Å². The van der Waals surface area contributed by atoms with Gasteiger partial charge in [0.25, 0.3) is 0 Å². The number of nitrogens with zero attached hydrogens (tertiary/aromatic N) is 2. The van der Waals surface area contributed by atoms with Crippen molar-refractivity contribution in [3.05, 3.63) is 41.6 Å². The number of nitrogens with one attached hydrogen (secondary N) is 1. The predicted octanol–water partition coefficient (Wildman–Crippen LogP) is 1.13. The molecule has 0 saturated carbocycles. The second kappa shape index (κ2) is 6.19. The maximum Gasteiger partial charge on any atom is 0.374 e. The highest BCUT2D eigenvalue weighted by atomic mass is 16.5. The van der Waals surface area contributed by atoms with Gasteiger partial charge in [0.05, 0.1) is 19.1 Å². The van der Waals surface area contributed by atoms with E-state index in [0.29, 0.717) is 6.54 Å². The van der Waals surface area contributed by atoms with Crippen molar-refractivity contribution >= 4 is 5.97 Å². The lowest BCUT2D eigenvalue weighted by atomic mass is 10.2. The Labute approximate surface area is 111 Å². The number of methoxy groups -OCH3 is 1. The number of carbonyl (C=O) groups is 1. The van der Waals surface area contributed by atoms with Crippen LogP contribution in [0, 0.1) is 0 Å². The average Bonchev–Trinajstić information content (AvgIpc) is 3.03. The number of carbonyl (C=O) groups excluding carboxylic acids is 1. The molecule has 0 aliphatic carbocycles. The summed E-state index contributed by atoms with van der Waals surface area (Å²) in [5, 5.41) is 7.54. The summed E-state index contributed by atoms with van der Waals surface area (Å²) in [7, 11) is 3.23. The average molecular weight is 263 g/mol. The first-order valence-corrected chi connectivity index (χ1v) is 6.04. The van der Waals surface area contributed by atoms with Gasteiger partial charge in [0.1, 0.15) is 0 Å². The maximum atomic E-state index is 11.4. The highest BCUT2D eigenvalue weighted by molar-refractivity contribution is 5.87. The fourth-order valence-electron chi connectivity index (χ4n) is 1.78. The lowest BCUT2D eigenvalue weighted by molar-refractivity contribution is 0.0563. The van der Waals surface area contributed by atoms with E-state index in [1.54, 1.807) is 10.7 Å². The molecule has 2 rings (SSSR count). The Morgan fingerprint density at radius 1 is 1.53 bits per heavy atom. The molecule has 0 radical (unpaired) electrons. The third-order valence-electron chi connectivity index (χ3n) is 2.76. The molecule has 1 N–H and O–H groups in total. The lowest BCUT2D eigenvalue weighted by Gasteiger charge is -2.03. The van der Waals surface area contributed by atoms with Crippen molar-refractivity contribution in [1.82, 2.24) is 15.1 Å². The second-order valence-corrected chi connectivity index (χ2v) is 4.17. The van der Waals surface area contributed by atoms with E-state index < -0.39 is 5.97 Å². The number of hydrogen-bond acceptors (Lipinski definition) is 5. The summed E-state index contributed by atoms with van der Waals surface area (Å²) in [4.78, 5) is 11.4. The van der Waals surface area contributed by atoms with Gasteiger partial charge in [0.2, 0.25) is 5.76 Å². The highest BCUT2D eigenvalue weighted by Crippen LogP contribution is 2.11. The van der Waals surface area contributed by atoms with E-state index in [1.807, 2.05) is 19.3 Å². The van der Waals surface area contributed by atoms with Gasteiger partial charge < -0.3 is 14.5 Å². The number of furan rings is 1. The fourth-order valence-corrected chi connectivity index (χ4v) is 1.78. The molecule has 0 aliphatic rings. The third-order valence-corrected chi connectivity index (χ3v) is 2.76. The summed E-state index contributed by atoms with van der Waals surface area (Å²) < 4.78 is 11.5. The number of aryl methyl sites for hydroxylation is 1. The van der Waals surface area contributed by atoms with E-state index in [9.17, 15) is 4.79 Å². The van der Waals surface area contributed by atoms with Gasteiger partial charge in [-0.3, -0.25) is 4.68 Å². The molecule has 2 aromatic heterocycles. The number of aromatic nitrogens is 2. The minimum atomic E-state index is -0.452. The van der Waals surface area contributed by atoms with Gasteiger partial charge >= 0.3 is 5.97 Å². The Morgan fingerprint density at radius 3 is 3.05 bits per heavy atom. The third kappa shape index (κ3) is 3.45. The Morgan fingerprint density at radius 2 is 2.37 bits per heavy atom. The minimum Gasteiger partial charge on any atom is -0.463 e. The SMILES string of the molecule is COC(=O)c1occc1CNCCc1ccn(C)n1. The van der Waals surface area contributed by atoms with E-state index in [1.165, 1.54) is 13.4 Å². The number of esters is 1. The normalized spacial score (nSPS) is 10.6. The molecule has 6 nitrogen and oxygen atoms in total. The van der Waals surface area contributed by atoms with Gasteiger partial charge in [-0.15, -0.1) is 0 Å². The molecule has 0 spiro atoms. The summed E-state index contributed by atoms with van der Waals surface area (Å²) >= 11 is 0. The molecule has 0 amide bonds. The van der Waals surface area contributed by atoms with E-state index in [4.69, 9.17) is 4.42 Å². The van der Waals surface area contributed by atoms with Crippen molar-refractivity contribution in [1.29, 1.82) is 0 Å². The zero-order valence-electron chi connectivity index (χ0n) is 11.0. The summed E-state index contributed by atoms with van der Waals surface area (Å²) in [5.74, 6) is -0.195. The van der Waals surface area contributed by atoms with Crippen molar-refractivity contribution in [2.75, 3.05) is 13.7 Å². The molecule has 0 fully saturated rings. The van der Waals surface area contributed by atoms with Crippen LogP contribution in [0.25, 0.3) is 0 Å². The molecular weight excluding hydrogens is 246 g/mol. The Balaban J connectivity index is 1.80. The van der Waals surface area contributed by atoms with Crippen LogP contribution >= 0.6 is 0 Å². The zero-order chi connectivity index (χ0) is 13.7. The predicted molar refractivity (Wildman–Crippen MR) is 68.7 cm³/mol. The Hall–Kier alpha value is -2.08. The van der Waals surface area contributed by atoms with Crippen LogP contribution in [0.5, 0.6) is 0 Å². The molecule has 0 aromatic carbocycles. The molecule has 102 valence electrons. The Bertz CT molecular complexity index is 545. The van der Waals surface area contributed by atoms with Crippen molar-refractivity contribution < 1.29 is 13.9 Å². The second-order valence-electron chi connectivity index (χ2n) is 4.17. The topological polar surface area (TPSA) is 69.3 Å².